The summed E-state index contributed by atoms with van der Waals surface area (Å²) in [7, 11) is 0. The van der Waals surface area contributed by atoms with E-state index in [-0.39, 0.29) is 5.69 Å². The van der Waals surface area contributed by atoms with Gasteiger partial charge in [0.1, 0.15) is 0 Å². The van der Waals surface area contributed by atoms with E-state index in [0.29, 0.717) is 12.0 Å². The molecule has 6 heteroatoms. The summed E-state index contributed by atoms with van der Waals surface area (Å²) in [5, 5.41) is 8.43. The molecule has 1 aliphatic rings. The topological polar surface area (TPSA) is 50.7 Å². The Morgan fingerprint density at radius 2 is 2.38 bits per heavy atom. The summed E-state index contributed by atoms with van der Waals surface area (Å²) in [6, 6.07) is 0. The normalized spacial score (nSPS) is 18.4. The van der Waals surface area contributed by atoms with Crippen molar-refractivity contribution in [3.05, 3.63) is 10.5 Å². The second kappa shape index (κ2) is 4.96. The van der Waals surface area contributed by atoms with Gasteiger partial charge in [-0.3, -0.25) is 4.57 Å². The van der Waals surface area contributed by atoms with Crippen LogP contribution in [0, 0.1) is 5.41 Å². The minimum Gasteiger partial charge on any atom is -0.270 e. The van der Waals surface area contributed by atoms with Gasteiger partial charge in [0.25, 0.3) is 0 Å². The zero-order chi connectivity index (χ0) is 11.6. The van der Waals surface area contributed by atoms with Crippen LogP contribution in [0.25, 0.3) is 0 Å². The second-order valence-electron chi connectivity index (χ2n) is 4.33. The van der Waals surface area contributed by atoms with Crippen LogP contribution in [0.3, 0.4) is 0 Å². The van der Waals surface area contributed by atoms with Gasteiger partial charge in [-0.2, -0.15) is 0 Å². The maximum Gasteiger partial charge on any atom is 0.343 e. The molecule has 1 fully saturated rings. The van der Waals surface area contributed by atoms with Crippen LogP contribution in [0.15, 0.2) is 9.95 Å². The molecule has 0 aliphatic heterocycles. The van der Waals surface area contributed by atoms with E-state index < -0.39 is 0 Å². The Labute approximate surface area is 107 Å². The molecule has 16 heavy (non-hydrogen) atoms. The molecule has 0 radical (unpaired) electrons. The van der Waals surface area contributed by atoms with Gasteiger partial charge in [0.2, 0.25) is 0 Å². The number of nitrogens with one attached hydrogen (secondary N) is 1. The first-order valence-electron chi connectivity index (χ1n) is 5.55. The van der Waals surface area contributed by atoms with E-state index in [0.717, 1.165) is 16.2 Å². The van der Waals surface area contributed by atoms with Gasteiger partial charge < -0.3 is 0 Å². The number of rotatable bonds is 5. The zero-order valence-corrected chi connectivity index (χ0v) is 11.7. The van der Waals surface area contributed by atoms with Crippen LogP contribution in [0.4, 0.5) is 0 Å². The number of hydrogen-bond donors (Lipinski definition) is 1. The van der Waals surface area contributed by atoms with E-state index in [2.05, 4.69) is 26.1 Å². The first kappa shape index (κ1) is 12.2. The lowest BCUT2D eigenvalue weighted by molar-refractivity contribution is 0.206. The van der Waals surface area contributed by atoms with Crippen molar-refractivity contribution >= 4 is 27.7 Å². The lowest BCUT2D eigenvalue weighted by Gasteiger charge is -2.40. The average Bonchev–Trinajstić information content (AvgIpc) is 2.58. The quantitative estimate of drug-likeness (QED) is 0.670. The number of aromatic nitrogens is 3. The Bertz CT molecular complexity index is 405. The molecule has 4 nitrogen and oxygen atoms in total. The molecule has 0 aromatic carbocycles. The van der Waals surface area contributed by atoms with Crippen LogP contribution >= 0.6 is 27.7 Å². The van der Waals surface area contributed by atoms with Crippen LogP contribution < -0.4 is 5.69 Å². The van der Waals surface area contributed by atoms with E-state index in [1.54, 1.807) is 16.3 Å². The minimum atomic E-state index is -0.105. The van der Waals surface area contributed by atoms with Crippen molar-refractivity contribution in [1.29, 1.82) is 0 Å². The summed E-state index contributed by atoms with van der Waals surface area (Å²) in [6.45, 7) is 2.64. The Kier molecular flexibility index (Phi) is 3.79. The van der Waals surface area contributed by atoms with Crippen molar-refractivity contribution in [3.63, 3.8) is 0 Å². The summed E-state index contributed by atoms with van der Waals surface area (Å²) in [5.74, 6) is 1.04. The summed E-state index contributed by atoms with van der Waals surface area (Å²) in [4.78, 5) is 11.4. The molecule has 1 aromatic rings. The number of thioether (sulfide) groups is 1. The van der Waals surface area contributed by atoms with Crippen molar-refractivity contribution in [3.8, 4) is 0 Å². The number of alkyl halides is 1. The number of nitrogens with zero attached hydrogens (tertiary/aromatic N) is 2. The minimum absolute atomic E-state index is 0.105. The van der Waals surface area contributed by atoms with Gasteiger partial charge in [-0.25, -0.2) is 9.89 Å². The first-order valence-corrected chi connectivity index (χ1v) is 7.65. The van der Waals surface area contributed by atoms with E-state index >= 15 is 0 Å². The molecule has 1 N–H and O–H groups in total. The van der Waals surface area contributed by atoms with Crippen molar-refractivity contribution < 1.29 is 0 Å². The molecule has 0 spiro atoms. The molecule has 0 amide bonds. The summed E-state index contributed by atoms with van der Waals surface area (Å²) in [6.07, 6.45) is 3.89. The van der Waals surface area contributed by atoms with Crippen molar-refractivity contribution in [2.45, 2.75) is 37.9 Å². The largest absolute Gasteiger partial charge is 0.343 e. The number of H-pyrrole nitrogens is 1. The van der Waals surface area contributed by atoms with Crippen LogP contribution in [0.2, 0.25) is 0 Å². The third kappa shape index (κ3) is 2.22. The first-order chi connectivity index (χ1) is 7.71. The molecular formula is C10H16BrN3OS. The average molecular weight is 306 g/mol. The third-order valence-corrected chi connectivity index (χ3v) is 5.76. The van der Waals surface area contributed by atoms with Crippen LogP contribution in [0.5, 0.6) is 0 Å². The maximum absolute atomic E-state index is 11.4. The van der Waals surface area contributed by atoms with Gasteiger partial charge in [-0.1, -0.05) is 34.1 Å². The molecule has 1 aliphatic carbocycles. The monoisotopic (exact) mass is 305 g/mol. The highest BCUT2D eigenvalue weighted by Gasteiger charge is 2.36. The fraction of sp³-hybridized carbons (Fsp3) is 0.800. The highest BCUT2D eigenvalue weighted by atomic mass is 79.9. The van der Waals surface area contributed by atoms with Crippen LogP contribution in [0.1, 0.15) is 26.2 Å². The van der Waals surface area contributed by atoms with Crippen LogP contribution in [-0.2, 0) is 6.54 Å². The Balaban J connectivity index is 2.01. The van der Waals surface area contributed by atoms with Crippen molar-refractivity contribution in [2.24, 2.45) is 5.41 Å². The van der Waals surface area contributed by atoms with Gasteiger partial charge in [0.05, 0.1) is 0 Å². The van der Waals surface area contributed by atoms with Crippen molar-refractivity contribution in [1.82, 2.24) is 14.8 Å². The molecule has 2 rings (SSSR count). The highest BCUT2D eigenvalue weighted by Crippen LogP contribution is 2.45. The van der Waals surface area contributed by atoms with Gasteiger partial charge in [0, 0.05) is 17.6 Å². The summed E-state index contributed by atoms with van der Waals surface area (Å²) >= 11 is 5.28. The second-order valence-corrected chi connectivity index (χ2v) is 5.83. The molecule has 0 saturated heterocycles. The van der Waals surface area contributed by atoms with E-state index in [1.807, 2.05) is 6.92 Å². The molecular weight excluding hydrogens is 290 g/mol. The van der Waals surface area contributed by atoms with Gasteiger partial charge >= 0.3 is 5.69 Å². The molecule has 0 atom stereocenters. The Morgan fingerprint density at radius 1 is 1.62 bits per heavy atom. The summed E-state index contributed by atoms with van der Waals surface area (Å²) < 4.78 is 1.69. The summed E-state index contributed by atoms with van der Waals surface area (Å²) in [5.41, 5.74) is 0.324. The fourth-order valence-electron chi connectivity index (χ4n) is 1.90. The molecule has 0 unspecified atom stereocenters. The SMILES string of the molecule is CCn1c(SCC2(CBr)CCC2)n[nH]c1=O. The highest BCUT2D eigenvalue weighted by molar-refractivity contribution is 9.09. The smallest absolute Gasteiger partial charge is 0.270 e. The maximum atomic E-state index is 11.4. The number of halogens is 1. The van der Waals surface area contributed by atoms with E-state index in [9.17, 15) is 4.79 Å². The number of hydrogen-bond acceptors (Lipinski definition) is 3. The standard InChI is InChI=1S/C10H16BrN3OS/c1-2-14-8(15)12-13-9(14)16-7-10(6-11)4-3-5-10/h2-7H2,1H3,(H,12,15). The molecule has 0 bridgehead atoms. The Hall–Kier alpha value is -0.230. The Morgan fingerprint density at radius 3 is 2.88 bits per heavy atom. The van der Waals surface area contributed by atoms with E-state index in [4.69, 9.17) is 0 Å². The van der Waals surface area contributed by atoms with Crippen molar-refractivity contribution in [2.75, 3.05) is 11.1 Å². The number of aromatic amines is 1. The van der Waals surface area contributed by atoms with Gasteiger partial charge in [-0.15, -0.1) is 5.10 Å². The fourth-order valence-corrected chi connectivity index (χ4v) is 4.23. The lowest BCUT2D eigenvalue weighted by Crippen LogP contribution is -2.33. The molecule has 1 saturated carbocycles. The lowest BCUT2D eigenvalue weighted by atomic mass is 9.72. The van der Waals surface area contributed by atoms with Gasteiger partial charge in [0.15, 0.2) is 5.16 Å². The molecule has 1 aromatic heterocycles. The van der Waals surface area contributed by atoms with Crippen LogP contribution in [-0.4, -0.2) is 25.8 Å². The molecule has 90 valence electrons. The predicted molar refractivity (Wildman–Crippen MR) is 69.3 cm³/mol. The van der Waals surface area contributed by atoms with E-state index in [1.165, 1.54) is 19.3 Å². The third-order valence-electron chi connectivity index (χ3n) is 3.24. The zero-order valence-electron chi connectivity index (χ0n) is 9.33. The van der Waals surface area contributed by atoms with Gasteiger partial charge in [-0.05, 0) is 25.2 Å². The molecule has 1 heterocycles. The predicted octanol–water partition coefficient (Wildman–Crippen LogP) is 2.25.